The van der Waals surface area contributed by atoms with Crippen molar-refractivity contribution < 1.29 is 8.42 Å². The van der Waals surface area contributed by atoms with E-state index >= 15 is 0 Å². The van der Waals surface area contributed by atoms with E-state index in [1.165, 1.54) is 35.4 Å². The van der Waals surface area contributed by atoms with Crippen molar-refractivity contribution >= 4 is 33.0 Å². The lowest BCUT2D eigenvalue weighted by molar-refractivity contribution is 0.600. The molecule has 0 unspecified atom stereocenters. The molecule has 3 aromatic heterocycles. The van der Waals surface area contributed by atoms with E-state index in [9.17, 15) is 8.42 Å². The van der Waals surface area contributed by atoms with Crippen LogP contribution < -0.4 is 4.72 Å². The van der Waals surface area contributed by atoms with E-state index in [1.807, 2.05) is 0 Å². The number of pyridine rings is 1. The van der Waals surface area contributed by atoms with Gasteiger partial charge in [-0.05, 0) is 6.07 Å². The molecule has 0 atom stereocenters. The van der Waals surface area contributed by atoms with Crippen LogP contribution in [-0.2, 0) is 10.0 Å². The van der Waals surface area contributed by atoms with Crippen LogP contribution in [-0.4, -0.2) is 28.0 Å². The van der Waals surface area contributed by atoms with E-state index < -0.39 is 10.0 Å². The van der Waals surface area contributed by atoms with Crippen molar-refractivity contribution in [3.05, 3.63) is 48.1 Å². The van der Waals surface area contributed by atoms with Crippen molar-refractivity contribution in [2.24, 2.45) is 0 Å². The van der Waals surface area contributed by atoms with Gasteiger partial charge in [0.05, 0.1) is 29.3 Å². The third-order valence-corrected chi connectivity index (χ3v) is 4.04. The number of hydrogen-bond acceptors (Lipinski definition) is 5. The molecule has 0 aliphatic heterocycles. The Morgan fingerprint density at radius 3 is 2.90 bits per heavy atom. The first-order chi connectivity index (χ1) is 9.54. The zero-order valence-corrected chi connectivity index (χ0v) is 11.5. The maximum absolute atomic E-state index is 12.2. The molecular weight excluding hydrogens is 302 g/mol. The van der Waals surface area contributed by atoms with Crippen LogP contribution in [0, 0.1) is 0 Å². The fourth-order valence-electron chi connectivity index (χ4n) is 1.62. The summed E-state index contributed by atoms with van der Waals surface area (Å²) in [6.07, 6.45) is 7.08. The third-order valence-electron chi connectivity index (χ3n) is 2.49. The molecule has 0 spiro atoms. The van der Waals surface area contributed by atoms with Crippen molar-refractivity contribution in [2.45, 2.75) is 4.90 Å². The summed E-state index contributed by atoms with van der Waals surface area (Å²) in [7, 11) is -3.77. The van der Waals surface area contributed by atoms with Crippen molar-refractivity contribution in [1.82, 2.24) is 19.6 Å². The Labute approximate surface area is 119 Å². The summed E-state index contributed by atoms with van der Waals surface area (Å²) in [6.45, 7) is 0. The first-order valence-electron chi connectivity index (χ1n) is 5.47. The van der Waals surface area contributed by atoms with Gasteiger partial charge in [-0.25, -0.2) is 17.9 Å². The number of nitrogens with one attached hydrogen (secondary N) is 1. The first-order valence-corrected chi connectivity index (χ1v) is 7.33. The number of nitrogens with zero attached hydrogens (tertiary/aromatic N) is 4. The average molecular weight is 310 g/mol. The highest BCUT2D eigenvalue weighted by Crippen LogP contribution is 2.17. The largest absolute Gasteiger partial charge is 0.276 e. The summed E-state index contributed by atoms with van der Waals surface area (Å²) in [5, 5.41) is 4.23. The molecule has 20 heavy (non-hydrogen) atoms. The second kappa shape index (κ2) is 4.73. The molecule has 0 fully saturated rings. The molecular formula is C11H8ClN5O2S. The normalized spacial score (nSPS) is 11.7. The van der Waals surface area contributed by atoms with E-state index in [0.717, 1.165) is 0 Å². The van der Waals surface area contributed by atoms with Gasteiger partial charge in [0.15, 0.2) is 5.65 Å². The number of halogens is 1. The highest BCUT2D eigenvalue weighted by molar-refractivity contribution is 7.92. The number of aromatic nitrogens is 4. The number of rotatable bonds is 3. The lowest BCUT2D eigenvalue weighted by atomic mass is 10.5. The standard InChI is InChI=1S/C11H8ClN5O2S/c12-8-3-10(6-13-4-8)20(18,19)16-9-5-14-11-1-2-15-17(11)7-9/h1-7,16H. The fraction of sp³-hybridized carbons (Fsp3) is 0. The number of anilines is 1. The molecule has 1 N–H and O–H groups in total. The van der Waals surface area contributed by atoms with Gasteiger partial charge in [-0.1, -0.05) is 11.6 Å². The lowest BCUT2D eigenvalue weighted by Crippen LogP contribution is -2.14. The van der Waals surface area contributed by atoms with Crippen molar-refractivity contribution in [2.75, 3.05) is 4.72 Å². The summed E-state index contributed by atoms with van der Waals surface area (Å²) < 4.78 is 28.2. The molecule has 0 radical (unpaired) electrons. The number of sulfonamides is 1. The Balaban J connectivity index is 1.96. The third kappa shape index (κ3) is 2.43. The van der Waals surface area contributed by atoms with E-state index in [2.05, 4.69) is 19.8 Å². The SMILES string of the molecule is O=S(=O)(Nc1cnc2ccnn2c1)c1cncc(Cl)c1. The van der Waals surface area contributed by atoms with Gasteiger partial charge in [0.2, 0.25) is 0 Å². The van der Waals surface area contributed by atoms with Crippen molar-refractivity contribution in [1.29, 1.82) is 0 Å². The van der Waals surface area contributed by atoms with E-state index in [-0.39, 0.29) is 9.92 Å². The molecule has 3 rings (SSSR count). The van der Waals surface area contributed by atoms with Gasteiger partial charge < -0.3 is 0 Å². The minimum Gasteiger partial charge on any atom is -0.276 e. The summed E-state index contributed by atoms with van der Waals surface area (Å²) >= 11 is 5.74. The van der Waals surface area contributed by atoms with Crippen LogP contribution >= 0.6 is 11.6 Å². The Bertz CT molecular complexity index is 877. The van der Waals surface area contributed by atoms with Gasteiger partial charge in [-0.3, -0.25) is 9.71 Å². The predicted molar refractivity (Wildman–Crippen MR) is 73.0 cm³/mol. The Morgan fingerprint density at radius 2 is 2.10 bits per heavy atom. The highest BCUT2D eigenvalue weighted by Gasteiger charge is 2.15. The van der Waals surface area contributed by atoms with Crippen LogP contribution in [0.1, 0.15) is 0 Å². The van der Waals surface area contributed by atoms with E-state index in [4.69, 9.17) is 11.6 Å². The molecule has 3 heterocycles. The molecule has 0 aliphatic carbocycles. The molecule has 0 aromatic carbocycles. The topological polar surface area (TPSA) is 89.2 Å². The predicted octanol–water partition coefficient (Wildman–Crippen LogP) is 1.58. The average Bonchev–Trinajstić information content (AvgIpc) is 2.85. The highest BCUT2D eigenvalue weighted by atomic mass is 35.5. The Hall–Kier alpha value is -2.19. The maximum Gasteiger partial charge on any atom is 0.263 e. The van der Waals surface area contributed by atoms with Crippen LogP contribution in [0.5, 0.6) is 0 Å². The van der Waals surface area contributed by atoms with Crippen LogP contribution in [0.15, 0.2) is 48.0 Å². The smallest absolute Gasteiger partial charge is 0.263 e. The van der Waals surface area contributed by atoms with Crippen molar-refractivity contribution in [3.8, 4) is 0 Å². The van der Waals surface area contributed by atoms with Gasteiger partial charge in [0, 0.05) is 18.5 Å². The molecule has 0 saturated carbocycles. The maximum atomic E-state index is 12.2. The van der Waals surface area contributed by atoms with Crippen molar-refractivity contribution in [3.63, 3.8) is 0 Å². The zero-order valence-electron chi connectivity index (χ0n) is 9.93. The van der Waals surface area contributed by atoms with Gasteiger partial charge in [-0.2, -0.15) is 5.10 Å². The summed E-state index contributed by atoms with van der Waals surface area (Å²) in [4.78, 5) is 7.80. The van der Waals surface area contributed by atoms with Gasteiger partial charge in [0.25, 0.3) is 10.0 Å². The van der Waals surface area contributed by atoms with E-state index in [0.29, 0.717) is 11.3 Å². The first kappa shape index (κ1) is 12.8. The molecule has 102 valence electrons. The summed E-state index contributed by atoms with van der Waals surface area (Å²) in [5.41, 5.74) is 0.915. The molecule has 7 nitrogen and oxygen atoms in total. The zero-order chi connectivity index (χ0) is 14.2. The van der Waals surface area contributed by atoms with Gasteiger partial charge in [0.1, 0.15) is 4.90 Å². The fourth-order valence-corrected chi connectivity index (χ4v) is 2.87. The van der Waals surface area contributed by atoms with Crippen LogP contribution in [0.3, 0.4) is 0 Å². The Kier molecular flexibility index (Phi) is 3.03. The molecule has 3 aromatic rings. The minimum absolute atomic E-state index is 0.0226. The lowest BCUT2D eigenvalue weighted by Gasteiger charge is -2.07. The molecule has 0 bridgehead atoms. The van der Waals surface area contributed by atoms with Crippen LogP contribution in [0.4, 0.5) is 5.69 Å². The second-order valence-electron chi connectivity index (χ2n) is 3.92. The molecule has 0 aliphatic rings. The van der Waals surface area contributed by atoms with Gasteiger partial charge >= 0.3 is 0 Å². The molecule has 0 amide bonds. The summed E-state index contributed by atoms with van der Waals surface area (Å²) in [5.74, 6) is 0. The quantitative estimate of drug-likeness (QED) is 0.793. The Morgan fingerprint density at radius 1 is 1.25 bits per heavy atom. The number of fused-ring (bicyclic) bond motifs is 1. The van der Waals surface area contributed by atoms with E-state index in [1.54, 1.807) is 12.3 Å². The minimum atomic E-state index is -3.77. The summed E-state index contributed by atoms with van der Waals surface area (Å²) in [6, 6.07) is 3.02. The molecule has 9 heteroatoms. The van der Waals surface area contributed by atoms with Crippen LogP contribution in [0.2, 0.25) is 5.02 Å². The van der Waals surface area contributed by atoms with Crippen LogP contribution in [0.25, 0.3) is 5.65 Å². The van der Waals surface area contributed by atoms with Gasteiger partial charge in [-0.15, -0.1) is 0 Å². The number of hydrogen-bond donors (Lipinski definition) is 1. The molecule has 0 saturated heterocycles. The monoisotopic (exact) mass is 309 g/mol. The second-order valence-corrected chi connectivity index (χ2v) is 6.04.